The van der Waals surface area contributed by atoms with Crippen LogP contribution in [0.5, 0.6) is 0 Å². The minimum atomic E-state index is -4.15. The second kappa shape index (κ2) is 6.19. The van der Waals surface area contributed by atoms with Crippen LogP contribution in [0.1, 0.15) is 19.8 Å². The fraction of sp³-hybridized carbons (Fsp3) is 0.875. The zero-order chi connectivity index (χ0) is 11.2. The van der Waals surface area contributed by atoms with Crippen LogP contribution in [0.25, 0.3) is 0 Å². The van der Waals surface area contributed by atoms with E-state index in [1.165, 1.54) is 4.90 Å². The highest BCUT2D eigenvalue weighted by Gasteiger charge is 2.30. The Labute approximate surface area is 87.2 Å². The van der Waals surface area contributed by atoms with E-state index in [-0.39, 0.29) is 11.5 Å². The Balaban J connectivity index is 3.95. The van der Waals surface area contributed by atoms with Gasteiger partial charge in [-0.15, -0.1) is 0 Å². The third-order valence-electron chi connectivity index (χ3n) is 1.62. The average Bonchev–Trinajstić information content (AvgIpc) is 1.98. The number of rotatable bonds is 6. The molecular formula is C8H15F3N2S. The first kappa shape index (κ1) is 13.6. The molecule has 0 bridgehead atoms. The molecule has 6 heteroatoms. The van der Waals surface area contributed by atoms with Crippen molar-refractivity contribution in [1.82, 2.24) is 4.90 Å². The molecule has 0 saturated carbocycles. The Morgan fingerprint density at radius 3 is 2.29 bits per heavy atom. The third-order valence-corrected chi connectivity index (χ3v) is 1.82. The van der Waals surface area contributed by atoms with Crippen LogP contribution in [-0.4, -0.2) is 35.7 Å². The van der Waals surface area contributed by atoms with Crippen LogP contribution < -0.4 is 5.73 Å². The molecule has 2 N–H and O–H groups in total. The summed E-state index contributed by atoms with van der Waals surface area (Å²) in [5.74, 6) is 0. The molecule has 0 aromatic carbocycles. The van der Waals surface area contributed by atoms with Gasteiger partial charge in [0, 0.05) is 13.0 Å². The summed E-state index contributed by atoms with van der Waals surface area (Å²) in [6.45, 7) is 1.65. The summed E-state index contributed by atoms with van der Waals surface area (Å²) in [6, 6.07) is 0. The lowest BCUT2D eigenvalue weighted by molar-refractivity contribution is -0.145. The first-order chi connectivity index (χ1) is 6.35. The van der Waals surface area contributed by atoms with Gasteiger partial charge in [-0.05, 0) is 13.0 Å². The summed E-state index contributed by atoms with van der Waals surface area (Å²) in [5.41, 5.74) is 5.22. The molecule has 84 valence electrons. The number of halogens is 3. The Hall–Kier alpha value is -0.360. The topological polar surface area (TPSA) is 29.3 Å². The van der Waals surface area contributed by atoms with Crippen molar-refractivity contribution < 1.29 is 13.2 Å². The summed E-state index contributed by atoms with van der Waals surface area (Å²) in [4.78, 5) is 1.58. The van der Waals surface area contributed by atoms with Crippen LogP contribution in [0.4, 0.5) is 13.2 Å². The van der Waals surface area contributed by atoms with E-state index in [9.17, 15) is 13.2 Å². The number of thiocarbonyl (C=S) groups is 1. The minimum Gasteiger partial charge on any atom is -0.393 e. The number of nitrogens with zero attached hydrogens (tertiary/aromatic N) is 1. The van der Waals surface area contributed by atoms with E-state index >= 15 is 0 Å². The maximum Gasteiger partial charge on any atom is 0.401 e. The predicted octanol–water partition coefficient (Wildman–Crippen LogP) is 1.94. The molecular weight excluding hydrogens is 213 g/mol. The Kier molecular flexibility index (Phi) is 6.03. The van der Waals surface area contributed by atoms with Gasteiger partial charge in [0.2, 0.25) is 0 Å². The van der Waals surface area contributed by atoms with Crippen LogP contribution in [0.15, 0.2) is 0 Å². The van der Waals surface area contributed by atoms with Gasteiger partial charge in [0.15, 0.2) is 0 Å². The molecule has 0 aromatic heterocycles. The summed E-state index contributed by atoms with van der Waals surface area (Å²) in [7, 11) is 0. The van der Waals surface area contributed by atoms with Gasteiger partial charge in [-0.3, -0.25) is 4.90 Å². The molecule has 0 spiro atoms. The molecule has 0 aromatic rings. The number of nitrogens with two attached hydrogens (primary N) is 1. The number of alkyl halides is 3. The molecule has 0 aliphatic heterocycles. The zero-order valence-electron chi connectivity index (χ0n) is 8.10. The highest BCUT2D eigenvalue weighted by Crippen LogP contribution is 2.16. The Morgan fingerprint density at radius 2 is 1.93 bits per heavy atom. The van der Waals surface area contributed by atoms with E-state index in [1.54, 1.807) is 0 Å². The molecule has 0 rings (SSSR count). The van der Waals surface area contributed by atoms with Crippen molar-refractivity contribution in [3.05, 3.63) is 0 Å². The van der Waals surface area contributed by atoms with E-state index in [0.717, 1.165) is 0 Å². The van der Waals surface area contributed by atoms with E-state index in [0.29, 0.717) is 19.4 Å². The zero-order valence-corrected chi connectivity index (χ0v) is 8.92. The normalized spacial score (nSPS) is 12.1. The molecule has 0 aliphatic carbocycles. The quantitative estimate of drug-likeness (QED) is 0.704. The van der Waals surface area contributed by atoms with Crippen molar-refractivity contribution in [3.8, 4) is 0 Å². The monoisotopic (exact) mass is 228 g/mol. The van der Waals surface area contributed by atoms with Gasteiger partial charge in [-0.25, -0.2) is 0 Å². The van der Waals surface area contributed by atoms with Crippen molar-refractivity contribution in [2.45, 2.75) is 25.9 Å². The molecule has 0 fully saturated rings. The van der Waals surface area contributed by atoms with Gasteiger partial charge in [0.05, 0.1) is 11.5 Å². The molecule has 0 unspecified atom stereocenters. The fourth-order valence-corrected chi connectivity index (χ4v) is 1.20. The van der Waals surface area contributed by atoms with Gasteiger partial charge in [0.25, 0.3) is 0 Å². The summed E-state index contributed by atoms with van der Waals surface area (Å²) >= 11 is 4.61. The summed E-state index contributed by atoms with van der Waals surface area (Å²) in [6.07, 6.45) is -3.12. The number of hydrogen-bond donors (Lipinski definition) is 1. The molecule has 0 aliphatic rings. The average molecular weight is 228 g/mol. The summed E-state index contributed by atoms with van der Waals surface area (Å²) < 4.78 is 36.1. The van der Waals surface area contributed by atoms with Crippen molar-refractivity contribution >= 4 is 17.2 Å². The maximum absolute atomic E-state index is 12.0. The van der Waals surface area contributed by atoms with E-state index < -0.39 is 12.7 Å². The highest BCUT2D eigenvalue weighted by atomic mass is 32.1. The van der Waals surface area contributed by atoms with Crippen LogP contribution in [0, 0.1) is 0 Å². The first-order valence-electron chi connectivity index (χ1n) is 4.42. The molecule has 0 atom stereocenters. The van der Waals surface area contributed by atoms with E-state index in [2.05, 4.69) is 12.2 Å². The van der Waals surface area contributed by atoms with Crippen molar-refractivity contribution in [1.29, 1.82) is 0 Å². The lowest BCUT2D eigenvalue weighted by Gasteiger charge is -2.22. The first-order valence-corrected chi connectivity index (χ1v) is 4.83. The molecule has 2 nitrogen and oxygen atoms in total. The van der Waals surface area contributed by atoms with E-state index in [1.807, 2.05) is 6.92 Å². The Bertz CT molecular complexity index is 182. The highest BCUT2D eigenvalue weighted by molar-refractivity contribution is 7.80. The van der Waals surface area contributed by atoms with Crippen molar-refractivity contribution in [2.75, 3.05) is 19.6 Å². The van der Waals surface area contributed by atoms with E-state index in [4.69, 9.17) is 5.73 Å². The molecule has 0 heterocycles. The predicted molar refractivity (Wildman–Crippen MR) is 54.2 cm³/mol. The van der Waals surface area contributed by atoms with Crippen molar-refractivity contribution in [2.24, 2.45) is 5.73 Å². The summed E-state index contributed by atoms with van der Waals surface area (Å²) in [5, 5.41) is 0. The SMILES string of the molecule is CCCN(CCC(N)=S)CC(F)(F)F. The van der Waals surface area contributed by atoms with Gasteiger partial charge in [-0.1, -0.05) is 19.1 Å². The standard InChI is InChI=1S/C8H15F3N2S/c1-2-4-13(5-3-7(12)14)6-8(9,10)11/h2-6H2,1H3,(H2,12,14). The number of hydrogen-bond acceptors (Lipinski definition) is 2. The lowest BCUT2D eigenvalue weighted by Crippen LogP contribution is -2.36. The van der Waals surface area contributed by atoms with Crippen LogP contribution in [-0.2, 0) is 0 Å². The lowest BCUT2D eigenvalue weighted by atomic mass is 10.3. The Morgan fingerprint density at radius 1 is 1.36 bits per heavy atom. The molecule has 0 radical (unpaired) electrons. The van der Waals surface area contributed by atoms with Gasteiger partial charge < -0.3 is 5.73 Å². The fourth-order valence-electron chi connectivity index (χ4n) is 1.11. The molecule has 0 amide bonds. The van der Waals surface area contributed by atoms with Crippen LogP contribution >= 0.6 is 12.2 Å². The largest absolute Gasteiger partial charge is 0.401 e. The second-order valence-electron chi connectivity index (χ2n) is 3.11. The van der Waals surface area contributed by atoms with Crippen molar-refractivity contribution in [3.63, 3.8) is 0 Å². The van der Waals surface area contributed by atoms with Gasteiger partial charge >= 0.3 is 6.18 Å². The maximum atomic E-state index is 12.0. The molecule has 0 saturated heterocycles. The molecule has 14 heavy (non-hydrogen) atoms. The van der Waals surface area contributed by atoms with Crippen LogP contribution in [0.3, 0.4) is 0 Å². The van der Waals surface area contributed by atoms with Crippen LogP contribution in [0.2, 0.25) is 0 Å². The van der Waals surface area contributed by atoms with Gasteiger partial charge in [0.1, 0.15) is 0 Å². The minimum absolute atomic E-state index is 0.258. The smallest absolute Gasteiger partial charge is 0.393 e. The second-order valence-corrected chi connectivity index (χ2v) is 3.63. The van der Waals surface area contributed by atoms with Gasteiger partial charge in [-0.2, -0.15) is 13.2 Å². The third kappa shape index (κ3) is 8.25.